The third-order valence-electron chi connectivity index (χ3n) is 6.49. The Kier molecular flexibility index (Phi) is 3.33. The number of fused-ring (bicyclic) bond motifs is 2. The topological polar surface area (TPSA) is 0 Å². The van der Waals surface area contributed by atoms with Gasteiger partial charge in [-0.05, 0) is 84.5 Å². The zero-order chi connectivity index (χ0) is 15.2. The first-order valence-corrected chi connectivity index (χ1v) is 9.09. The minimum atomic E-state index is 0.396. The summed E-state index contributed by atoms with van der Waals surface area (Å²) in [6.45, 7) is 4.95. The molecule has 0 heteroatoms. The number of hydrogen-bond acceptors (Lipinski definition) is 0. The Balaban J connectivity index is 1.71. The second-order valence-electron chi connectivity index (χ2n) is 8.30. The quantitative estimate of drug-likeness (QED) is 0.482. The van der Waals surface area contributed by atoms with Crippen LogP contribution in [0.25, 0.3) is 0 Å². The molecule has 0 aromatic heterocycles. The van der Waals surface area contributed by atoms with Crippen molar-refractivity contribution in [1.82, 2.24) is 0 Å². The molecular formula is C22H28. The largest absolute Gasteiger partial charge is 0.0807 e. The molecule has 0 aromatic rings. The Morgan fingerprint density at radius 2 is 1.14 bits per heavy atom. The average Bonchev–Trinajstić information content (AvgIpc) is 2.52. The molecule has 0 heterocycles. The minimum absolute atomic E-state index is 0.396. The molecule has 0 fully saturated rings. The Morgan fingerprint density at radius 1 is 0.682 bits per heavy atom. The summed E-state index contributed by atoms with van der Waals surface area (Å²) in [7, 11) is 0. The zero-order valence-corrected chi connectivity index (χ0v) is 14.1. The normalized spacial score (nSPS) is 40.6. The summed E-state index contributed by atoms with van der Waals surface area (Å²) in [6.07, 6.45) is 25.0. The Labute approximate surface area is 135 Å². The molecule has 0 aliphatic heterocycles. The highest BCUT2D eigenvalue weighted by atomic mass is 14.4. The van der Waals surface area contributed by atoms with E-state index >= 15 is 0 Å². The van der Waals surface area contributed by atoms with Gasteiger partial charge in [0.05, 0.1) is 0 Å². The fourth-order valence-electron chi connectivity index (χ4n) is 4.98. The van der Waals surface area contributed by atoms with Crippen LogP contribution in [-0.2, 0) is 0 Å². The van der Waals surface area contributed by atoms with Crippen LogP contribution in [0.1, 0.15) is 65.2 Å². The first-order valence-electron chi connectivity index (χ1n) is 9.09. The van der Waals surface area contributed by atoms with Gasteiger partial charge in [0, 0.05) is 0 Å². The molecule has 0 spiro atoms. The molecule has 0 saturated heterocycles. The van der Waals surface area contributed by atoms with Crippen molar-refractivity contribution >= 4 is 0 Å². The smallest absolute Gasteiger partial charge is 0.00379 e. The Morgan fingerprint density at radius 3 is 1.59 bits per heavy atom. The first kappa shape index (κ1) is 14.3. The maximum atomic E-state index is 2.47. The van der Waals surface area contributed by atoms with Crippen molar-refractivity contribution in [2.75, 3.05) is 0 Å². The standard InChI is InChI=1S/C22H28/c1-21-13-5-3-7-19(21)11-9-17(15-21)18-10-12-20-8-4-6-14-22(20,2)16-18/h7-12H,3-6,13-16H2,1-2H3/b18-17-/t21-,22-/m1/s1. The zero-order valence-electron chi connectivity index (χ0n) is 14.1. The Hall–Kier alpha value is -1.30. The van der Waals surface area contributed by atoms with Gasteiger partial charge in [-0.15, -0.1) is 0 Å². The van der Waals surface area contributed by atoms with Gasteiger partial charge in [-0.3, -0.25) is 0 Å². The summed E-state index contributed by atoms with van der Waals surface area (Å²) in [5, 5.41) is 0. The van der Waals surface area contributed by atoms with Crippen LogP contribution in [0.4, 0.5) is 0 Å². The number of allylic oxidation sites excluding steroid dienone is 10. The van der Waals surface area contributed by atoms with Gasteiger partial charge in [-0.2, -0.15) is 0 Å². The van der Waals surface area contributed by atoms with Crippen LogP contribution < -0.4 is 0 Å². The van der Waals surface area contributed by atoms with Crippen molar-refractivity contribution in [3.05, 3.63) is 58.7 Å². The van der Waals surface area contributed by atoms with Crippen molar-refractivity contribution in [3.63, 3.8) is 0 Å². The van der Waals surface area contributed by atoms with E-state index in [2.05, 4.69) is 50.3 Å². The van der Waals surface area contributed by atoms with Gasteiger partial charge < -0.3 is 0 Å². The van der Waals surface area contributed by atoms with E-state index in [1.807, 2.05) is 0 Å². The highest BCUT2D eigenvalue weighted by Gasteiger charge is 2.36. The predicted molar refractivity (Wildman–Crippen MR) is 94.6 cm³/mol. The fourth-order valence-corrected chi connectivity index (χ4v) is 4.98. The molecule has 22 heavy (non-hydrogen) atoms. The molecule has 4 rings (SSSR count). The number of rotatable bonds is 0. The van der Waals surface area contributed by atoms with Crippen molar-refractivity contribution in [2.24, 2.45) is 10.8 Å². The van der Waals surface area contributed by atoms with Crippen molar-refractivity contribution in [1.29, 1.82) is 0 Å². The van der Waals surface area contributed by atoms with Crippen molar-refractivity contribution in [3.8, 4) is 0 Å². The van der Waals surface area contributed by atoms with Crippen LogP contribution in [0.3, 0.4) is 0 Å². The van der Waals surface area contributed by atoms with Crippen LogP contribution in [-0.4, -0.2) is 0 Å². The van der Waals surface area contributed by atoms with Crippen LogP contribution >= 0.6 is 0 Å². The van der Waals surface area contributed by atoms with Crippen LogP contribution in [0.15, 0.2) is 58.7 Å². The summed E-state index contributed by atoms with van der Waals surface area (Å²) in [5.41, 5.74) is 7.17. The van der Waals surface area contributed by atoms with Gasteiger partial charge in [-0.25, -0.2) is 0 Å². The highest BCUT2D eigenvalue weighted by Crippen LogP contribution is 2.50. The van der Waals surface area contributed by atoms with E-state index in [4.69, 9.17) is 0 Å². The molecule has 0 radical (unpaired) electrons. The second-order valence-corrected chi connectivity index (χ2v) is 8.30. The summed E-state index contributed by atoms with van der Waals surface area (Å²) in [4.78, 5) is 0. The second kappa shape index (κ2) is 5.11. The first-order chi connectivity index (χ1) is 10.6. The maximum Gasteiger partial charge on any atom is -0.00379 e. The van der Waals surface area contributed by atoms with E-state index in [1.54, 1.807) is 22.3 Å². The monoisotopic (exact) mass is 292 g/mol. The molecule has 116 valence electrons. The van der Waals surface area contributed by atoms with Crippen LogP contribution in [0.5, 0.6) is 0 Å². The van der Waals surface area contributed by atoms with E-state index in [0.29, 0.717) is 10.8 Å². The van der Waals surface area contributed by atoms with E-state index in [0.717, 1.165) is 0 Å². The summed E-state index contributed by atoms with van der Waals surface area (Å²) in [5.74, 6) is 0. The van der Waals surface area contributed by atoms with Gasteiger partial charge >= 0.3 is 0 Å². The molecule has 0 unspecified atom stereocenters. The lowest BCUT2D eigenvalue weighted by atomic mass is 9.63. The van der Waals surface area contributed by atoms with E-state index in [9.17, 15) is 0 Å². The average molecular weight is 292 g/mol. The third kappa shape index (κ3) is 2.28. The van der Waals surface area contributed by atoms with Gasteiger partial charge in [0.25, 0.3) is 0 Å². The fraction of sp³-hybridized carbons (Fsp3) is 0.545. The lowest BCUT2D eigenvalue weighted by Crippen LogP contribution is -2.27. The molecule has 0 amide bonds. The summed E-state index contributed by atoms with van der Waals surface area (Å²) >= 11 is 0. The van der Waals surface area contributed by atoms with E-state index < -0.39 is 0 Å². The lowest BCUT2D eigenvalue weighted by Gasteiger charge is -2.41. The SMILES string of the molecule is C[C@]12CCCC=C1C=C/C(=C1\C=CC3=CCCC[C@]3(C)C1)C2. The predicted octanol–water partition coefficient (Wildman–Crippen LogP) is 6.44. The number of hydrogen-bond donors (Lipinski definition) is 0. The Bertz CT molecular complexity index is 581. The molecular weight excluding hydrogens is 264 g/mol. The molecule has 0 nitrogen and oxygen atoms in total. The van der Waals surface area contributed by atoms with Gasteiger partial charge in [0.2, 0.25) is 0 Å². The van der Waals surface area contributed by atoms with Gasteiger partial charge in [0.15, 0.2) is 0 Å². The minimum Gasteiger partial charge on any atom is -0.0807 e. The summed E-state index contributed by atoms with van der Waals surface area (Å²) < 4.78 is 0. The maximum absolute atomic E-state index is 2.47. The van der Waals surface area contributed by atoms with Crippen LogP contribution in [0.2, 0.25) is 0 Å². The molecule has 4 aliphatic carbocycles. The third-order valence-corrected chi connectivity index (χ3v) is 6.49. The van der Waals surface area contributed by atoms with Crippen molar-refractivity contribution < 1.29 is 0 Å². The van der Waals surface area contributed by atoms with E-state index in [1.165, 1.54) is 51.4 Å². The van der Waals surface area contributed by atoms with Crippen molar-refractivity contribution in [2.45, 2.75) is 65.2 Å². The molecule has 0 aromatic carbocycles. The summed E-state index contributed by atoms with van der Waals surface area (Å²) in [6, 6.07) is 0. The van der Waals surface area contributed by atoms with Gasteiger partial charge in [-0.1, -0.05) is 50.3 Å². The van der Waals surface area contributed by atoms with E-state index in [-0.39, 0.29) is 0 Å². The van der Waals surface area contributed by atoms with Crippen LogP contribution in [0, 0.1) is 10.8 Å². The molecule has 2 atom stereocenters. The highest BCUT2D eigenvalue weighted by molar-refractivity contribution is 5.49. The molecule has 0 bridgehead atoms. The lowest BCUT2D eigenvalue weighted by molar-refractivity contribution is 0.326. The van der Waals surface area contributed by atoms with Gasteiger partial charge in [0.1, 0.15) is 0 Å². The molecule has 0 saturated carbocycles. The molecule has 4 aliphatic rings. The molecule has 0 N–H and O–H groups in total.